The number of oxazole rings is 1. The Morgan fingerprint density at radius 2 is 2.17 bits per heavy atom. The molecule has 1 aromatic carbocycles. The highest BCUT2D eigenvalue weighted by molar-refractivity contribution is 9.10. The second-order valence-corrected chi connectivity index (χ2v) is 4.70. The minimum Gasteiger partial charge on any atom is -0.436 e. The fourth-order valence-corrected chi connectivity index (χ4v) is 2.05. The standard InChI is InChI=1S/C12H12BrN3O2/c1-6-11(18-7(2)15-6)12(17)16-10-4-3-8(14)5-9(10)13/h3-5H,14H2,1-2H3,(H,16,17). The highest BCUT2D eigenvalue weighted by Gasteiger charge is 2.16. The smallest absolute Gasteiger partial charge is 0.293 e. The summed E-state index contributed by atoms with van der Waals surface area (Å²) in [5, 5.41) is 2.73. The van der Waals surface area contributed by atoms with Gasteiger partial charge in [0.05, 0.1) is 11.4 Å². The number of benzene rings is 1. The molecule has 0 aliphatic rings. The predicted molar refractivity (Wildman–Crippen MR) is 72.5 cm³/mol. The van der Waals surface area contributed by atoms with Crippen LogP contribution >= 0.6 is 15.9 Å². The van der Waals surface area contributed by atoms with Gasteiger partial charge in [0.25, 0.3) is 5.91 Å². The van der Waals surface area contributed by atoms with Crippen LogP contribution in [0.15, 0.2) is 27.1 Å². The van der Waals surface area contributed by atoms with Gasteiger partial charge in [-0.15, -0.1) is 0 Å². The molecule has 0 fully saturated rings. The highest BCUT2D eigenvalue weighted by atomic mass is 79.9. The molecular weight excluding hydrogens is 298 g/mol. The second kappa shape index (κ2) is 4.81. The minimum absolute atomic E-state index is 0.219. The van der Waals surface area contributed by atoms with Crippen LogP contribution in [0.1, 0.15) is 22.1 Å². The van der Waals surface area contributed by atoms with E-state index in [-0.39, 0.29) is 11.7 Å². The van der Waals surface area contributed by atoms with E-state index >= 15 is 0 Å². The van der Waals surface area contributed by atoms with Crippen LogP contribution in [-0.2, 0) is 0 Å². The van der Waals surface area contributed by atoms with Gasteiger partial charge in [-0.1, -0.05) is 0 Å². The number of nitrogen functional groups attached to an aromatic ring is 1. The molecule has 0 spiro atoms. The van der Waals surface area contributed by atoms with Crippen LogP contribution in [0.2, 0.25) is 0 Å². The van der Waals surface area contributed by atoms with Crippen molar-refractivity contribution in [3.63, 3.8) is 0 Å². The first-order valence-electron chi connectivity index (χ1n) is 5.28. The van der Waals surface area contributed by atoms with Crippen molar-refractivity contribution in [3.05, 3.63) is 40.0 Å². The fourth-order valence-electron chi connectivity index (χ4n) is 1.55. The van der Waals surface area contributed by atoms with Gasteiger partial charge in [-0.25, -0.2) is 4.98 Å². The Morgan fingerprint density at radius 1 is 1.44 bits per heavy atom. The van der Waals surface area contributed by atoms with E-state index in [2.05, 4.69) is 26.2 Å². The van der Waals surface area contributed by atoms with Gasteiger partial charge < -0.3 is 15.5 Å². The number of carbonyl (C=O) groups is 1. The summed E-state index contributed by atoms with van der Waals surface area (Å²) in [4.78, 5) is 16.0. The van der Waals surface area contributed by atoms with Gasteiger partial charge in [-0.2, -0.15) is 0 Å². The average molecular weight is 310 g/mol. The normalized spacial score (nSPS) is 10.4. The van der Waals surface area contributed by atoms with Gasteiger partial charge in [0.2, 0.25) is 5.76 Å². The van der Waals surface area contributed by atoms with Gasteiger partial charge in [0.1, 0.15) is 0 Å². The van der Waals surface area contributed by atoms with E-state index in [1.54, 1.807) is 32.0 Å². The zero-order valence-corrected chi connectivity index (χ0v) is 11.5. The van der Waals surface area contributed by atoms with E-state index in [0.717, 1.165) is 0 Å². The van der Waals surface area contributed by atoms with E-state index in [9.17, 15) is 4.79 Å². The molecule has 0 aliphatic carbocycles. The fraction of sp³-hybridized carbons (Fsp3) is 0.167. The summed E-state index contributed by atoms with van der Waals surface area (Å²) in [6.45, 7) is 3.42. The average Bonchev–Trinajstić information content (AvgIpc) is 2.62. The van der Waals surface area contributed by atoms with Crippen LogP contribution in [0.5, 0.6) is 0 Å². The SMILES string of the molecule is Cc1nc(C)c(C(=O)Nc2ccc(N)cc2Br)o1. The number of nitrogens with two attached hydrogens (primary N) is 1. The number of amides is 1. The maximum absolute atomic E-state index is 12.0. The summed E-state index contributed by atoms with van der Waals surface area (Å²) in [6, 6.07) is 5.14. The molecule has 18 heavy (non-hydrogen) atoms. The Kier molecular flexibility index (Phi) is 3.38. The first-order chi connectivity index (χ1) is 8.47. The summed E-state index contributed by atoms with van der Waals surface area (Å²) < 4.78 is 5.96. The lowest BCUT2D eigenvalue weighted by Crippen LogP contribution is -2.12. The van der Waals surface area contributed by atoms with E-state index in [1.165, 1.54) is 0 Å². The largest absolute Gasteiger partial charge is 0.436 e. The van der Waals surface area contributed by atoms with Crippen molar-refractivity contribution in [2.24, 2.45) is 0 Å². The molecular formula is C12H12BrN3O2. The Hall–Kier alpha value is -1.82. The summed E-state index contributed by atoms with van der Waals surface area (Å²) in [5.41, 5.74) is 7.44. The zero-order chi connectivity index (χ0) is 13.3. The molecule has 0 saturated heterocycles. The maximum Gasteiger partial charge on any atom is 0.293 e. The van der Waals surface area contributed by atoms with E-state index in [0.29, 0.717) is 27.4 Å². The van der Waals surface area contributed by atoms with Crippen LogP contribution in [0.4, 0.5) is 11.4 Å². The molecule has 0 saturated carbocycles. The molecule has 2 rings (SSSR count). The van der Waals surface area contributed by atoms with Crippen molar-refractivity contribution in [2.75, 3.05) is 11.1 Å². The summed E-state index contributed by atoms with van der Waals surface area (Å²) in [7, 11) is 0. The number of carbonyl (C=O) groups excluding carboxylic acids is 1. The molecule has 6 heteroatoms. The Balaban J connectivity index is 2.24. The monoisotopic (exact) mass is 309 g/mol. The van der Waals surface area contributed by atoms with E-state index < -0.39 is 0 Å². The van der Waals surface area contributed by atoms with E-state index in [1.807, 2.05) is 0 Å². The van der Waals surface area contributed by atoms with Crippen molar-refractivity contribution in [3.8, 4) is 0 Å². The second-order valence-electron chi connectivity index (χ2n) is 3.84. The van der Waals surface area contributed by atoms with Gasteiger partial charge in [0.15, 0.2) is 5.89 Å². The lowest BCUT2D eigenvalue weighted by molar-refractivity contribution is 0.0994. The van der Waals surface area contributed by atoms with Crippen molar-refractivity contribution in [1.82, 2.24) is 4.98 Å². The first-order valence-corrected chi connectivity index (χ1v) is 6.07. The van der Waals surface area contributed by atoms with Crippen LogP contribution in [-0.4, -0.2) is 10.9 Å². The number of aryl methyl sites for hydroxylation is 2. The molecule has 2 aromatic rings. The molecule has 0 aliphatic heterocycles. The molecule has 0 unspecified atom stereocenters. The van der Waals surface area contributed by atoms with Crippen LogP contribution in [0, 0.1) is 13.8 Å². The number of halogens is 1. The molecule has 1 amide bonds. The van der Waals surface area contributed by atoms with Crippen molar-refractivity contribution < 1.29 is 9.21 Å². The number of anilines is 2. The third-order valence-corrected chi connectivity index (χ3v) is 3.01. The highest BCUT2D eigenvalue weighted by Crippen LogP contribution is 2.25. The molecule has 0 bridgehead atoms. The van der Waals surface area contributed by atoms with Crippen LogP contribution in [0.3, 0.4) is 0 Å². The zero-order valence-electron chi connectivity index (χ0n) is 9.95. The number of nitrogens with one attached hydrogen (secondary N) is 1. The van der Waals surface area contributed by atoms with Gasteiger partial charge in [-0.3, -0.25) is 4.79 Å². The Labute approximate surface area is 113 Å². The molecule has 5 nitrogen and oxygen atoms in total. The number of nitrogens with zero attached hydrogens (tertiary/aromatic N) is 1. The first kappa shape index (κ1) is 12.6. The number of hydrogen-bond acceptors (Lipinski definition) is 4. The molecule has 94 valence electrons. The van der Waals surface area contributed by atoms with E-state index in [4.69, 9.17) is 10.2 Å². The summed E-state index contributed by atoms with van der Waals surface area (Å²) >= 11 is 3.33. The lowest BCUT2D eigenvalue weighted by Gasteiger charge is -2.06. The Morgan fingerprint density at radius 3 is 2.72 bits per heavy atom. The summed E-state index contributed by atoms with van der Waals surface area (Å²) in [5.74, 6) is 0.351. The number of aromatic nitrogens is 1. The number of hydrogen-bond donors (Lipinski definition) is 2. The molecule has 0 atom stereocenters. The lowest BCUT2D eigenvalue weighted by atomic mass is 10.2. The quantitative estimate of drug-likeness (QED) is 0.836. The van der Waals surface area contributed by atoms with Crippen LogP contribution < -0.4 is 11.1 Å². The van der Waals surface area contributed by atoms with Crippen LogP contribution in [0.25, 0.3) is 0 Å². The van der Waals surface area contributed by atoms with Crippen molar-refractivity contribution in [2.45, 2.75) is 13.8 Å². The van der Waals surface area contributed by atoms with Gasteiger partial charge in [0, 0.05) is 17.1 Å². The topological polar surface area (TPSA) is 81.2 Å². The maximum atomic E-state index is 12.0. The minimum atomic E-state index is -0.335. The molecule has 0 radical (unpaired) electrons. The van der Waals surface area contributed by atoms with Gasteiger partial charge in [-0.05, 0) is 41.1 Å². The molecule has 1 aromatic heterocycles. The molecule has 3 N–H and O–H groups in total. The van der Waals surface area contributed by atoms with Crippen molar-refractivity contribution in [1.29, 1.82) is 0 Å². The Bertz CT molecular complexity index is 607. The third kappa shape index (κ3) is 2.53. The summed E-state index contributed by atoms with van der Waals surface area (Å²) in [6.07, 6.45) is 0. The predicted octanol–water partition coefficient (Wildman–Crippen LogP) is 2.89. The molecule has 1 heterocycles. The van der Waals surface area contributed by atoms with Crippen molar-refractivity contribution >= 4 is 33.2 Å². The number of rotatable bonds is 2. The third-order valence-electron chi connectivity index (χ3n) is 2.35. The van der Waals surface area contributed by atoms with Gasteiger partial charge >= 0.3 is 0 Å².